The van der Waals surface area contributed by atoms with Gasteiger partial charge in [-0.05, 0) is 12.1 Å². The molecule has 74 valence electrons. The smallest absolute Gasteiger partial charge is 0.322 e. The molecule has 5 heteroatoms. The first-order chi connectivity index (χ1) is 6.59. The molecule has 0 heterocycles. The summed E-state index contributed by atoms with van der Waals surface area (Å²) in [4.78, 5) is 21.1. The third-order valence-electron chi connectivity index (χ3n) is 1.44. The monoisotopic (exact) mass is 195 g/mol. The first-order valence-corrected chi connectivity index (χ1v) is 3.86. The first-order valence-electron chi connectivity index (χ1n) is 3.86. The van der Waals surface area contributed by atoms with Crippen LogP contribution in [-0.2, 0) is 9.59 Å². The standard InChI is InChI=1S/C9H9NO4/c10-6-3-1-2-4-7(6)14-9(13)5-8(11)12/h1-4H,5,10H2,(H,11,12). The summed E-state index contributed by atoms with van der Waals surface area (Å²) in [6.07, 6.45) is -0.672. The number of nitrogen functional groups attached to an aromatic ring is 1. The van der Waals surface area contributed by atoms with E-state index >= 15 is 0 Å². The fourth-order valence-electron chi connectivity index (χ4n) is 0.856. The Morgan fingerprint density at radius 1 is 1.36 bits per heavy atom. The minimum absolute atomic E-state index is 0.179. The molecule has 14 heavy (non-hydrogen) atoms. The molecule has 0 fully saturated rings. The zero-order valence-electron chi connectivity index (χ0n) is 7.27. The maximum absolute atomic E-state index is 10.9. The Morgan fingerprint density at radius 2 is 2.00 bits per heavy atom. The number of carbonyl (C=O) groups excluding carboxylic acids is 1. The summed E-state index contributed by atoms with van der Waals surface area (Å²) in [5, 5.41) is 8.30. The van der Waals surface area contributed by atoms with Crippen LogP contribution >= 0.6 is 0 Å². The molecule has 0 saturated carbocycles. The summed E-state index contributed by atoms with van der Waals surface area (Å²) in [6, 6.07) is 6.38. The Bertz CT molecular complexity index is 362. The average molecular weight is 195 g/mol. The van der Waals surface area contributed by atoms with E-state index in [0.717, 1.165) is 0 Å². The molecule has 1 aromatic rings. The van der Waals surface area contributed by atoms with Crippen LogP contribution < -0.4 is 10.5 Å². The number of nitrogens with two attached hydrogens (primary N) is 1. The predicted octanol–water partition coefficient (Wildman–Crippen LogP) is 0.649. The minimum atomic E-state index is -1.23. The largest absolute Gasteiger partial charge is 0.481 e. The van der Waals surface area contributed by atoms with Crippen LogP contribution in [0.15, 0.2) is 24.3 Å². The second-order valence-corrected chi connectivity index (χ2v) is 2.58. The lowest BCUT2D eigenvalue weighted by Crippen LogP contribution is -2.13. The van der Waals surface area contributed by atoms with Gasteiger partial charge in [-0.2, -0.15) is 0 Å². The van der Waals surface area contributed by atoms with Gasteiger partial charge in [-0.3, -0.25) is 9.59 Å². The minimum Gasteiger partial charge on any atom is -0.481 e. The third kappa shape index (κ3) is 2.78. The van der Waals surface area contributed by atoms with Gasteiger partial charge >= 0.3 is 11.9 Å². The molecule has 5 nitrogen and oxygen atoms in total. The van der Waals surface area contributed by atoms with Gasteiger partial charge in [0.25, 0.3) is 0 Å². The number of aliphatic carboxylic acids is 1. The van der Waals surface area contributed by atoms with E-state index in [9.17, 15) is 9.59 Å². The molecule has 0 bridgehead atoms. The second kappa shape index (κ2) is 4.27. The highest BCUT2D eigenvalue weighted by molar-refractivity contribution is 5.91. The van der Waals surface area contributed by atoms with Gasteiger partial charge in [0.05, 0.1) is 5.69 Å². The van der Waals surface area contributed by atoms with Crippen LogP contribution in [0.25, 0.3) is 0 Å². The second-order valence-electron chi connectivity index (χ2n) is 2.58. The van der Waals surface area contributed by atoms with Crippen molar-refractivity contribution < 1.29 is 19.4 Å². The summed E-state index contributed by atoms with van der Waals surface area (Å²) in [5.74, 6) is -1.89. The Labute approximate surface area is 80.1 Å². The number of carbonyl (C=O) groups is 2. The summed E-state index contributed by atoms with van der Waals surface area (Å²) in [6.45, 7) is 0. The maximum Gasteiger partial charge on any atom is 0.322 e. The van der Waals surface area contributed by atoms with Gasteiger partial charge in [-0.1, -0.05) is 12.1 Å². The Kier molecular flexibility index (Phi) is 3.06. The molecule has 0 aliphatic rings. The van der Waals surface area contributed by atoms with E-state index in [1.807, 2.05) is 0 Å². The van der Waals surface area contributed by atoms with Crippen molar-refractivity contribution in [3.63, 3.8) is 0 Å². The lowest BCUT2D eigenvalue weighted by atomic mass is 10.3. The van der Waals surface area contributed by atoms with Gasteiger partial charge in [0.15, 0.2) is 5.75 Å². The average Bonchev–Trinajstić information content (AvgIpc) is 2.07. The number of ether oxygens (including phenoxy) is 1. The van der Waals surface area contributed by atoms with Crippen LogP contribution in [0.4, 0.5) is 5.69 Å². The van der Waals surface area contributed by atoms with E-state index in [1.165, 1.54) is 6.07 Å². The first kappa shape index (κ1) is 10.0. The van der Waals surface area contributed by atoms with Gasteiger partial charge in [0.1, 0.15) is 6.42 Å². The van der Waals surface area contributed by atoms with Gasteiger partial charge in [-0.15, -0.1) is 0 Å². The van der Waals surface area contributed by atoms with Crippen LogP contribution in [0.2, 0.25) is 0 Å². The normalized spacial score (nSPS) is 9.43. The molecule has 0 amide bonds. The lowest BCUT2D eigenvalue weighted by molar-refractivity contribution is -0.145. The Morgan fingerprint density at radius 3 is 2.57 bits per heavy atom. The molecule has 0 aliphatic carbocycles. The highest BCUT2D eigenvalue weighted by Crippen LogP contribution is 2.19. The maximum atomic E-state index is 10.9. The molecular formula is C9H9NO4. The Hall–Kier alpha value is -2.04. The van der Waals surface area contributed by atoms with Crippen molar-refractivity contribution in [1.82, 2.24) is 0 Å². The van der Waals surface area contributed by atoms with Crippen LogP contribution in [0, 0.1) is 0 Å². The lowest BCUT2D eigenvalue weighted by Gasteiger charge is -2.04. The van der Waals surface area contributed by atoms with E-state index in [4.69, 9.17) is 15.6 Å². The molecule has 0 aliphatic heterocycles. The summed E-state index contributed by atoms with van der Waals surface area (Å²) in [5.41, 5.74) is 5.77. The fourth-order valence-corrected chi connectivity index (χ4v) is 0.856. The van der Waals surface area contributed by atoms with Crippen LogP contribution in [0.3, 0.4) is 0 Å². The number of carboxylic acids is 1. The van der Waals surface area contributed by atoms with E-state index in [1.54, 1.807) is 18.2 Å². The van der Waals surface area contributed by atoms with Gasteiger partial charge in [0, 0.05) is 0 Å². The number of rotatable bonds is 3. The van der Waals surface area contributed by atoms with Crippen LogP contribution in [0.1, 0.15) is 6.42 Å². The molecule has 0 atom stereocenters. The summed E-state index contributed by atoms with van der Waals surface area (Å²) in [7, 11) is 0. The van der Waals surface area contributed by atoms with Gasteiger partial charge < -0.3 is 15.6 Å². The van der Waals surface area contributed by atoms with Crippen molar-refractivity contribution in [2.24, 2.45) is 0 Å². The number of para-hydroxylation sites is 2. The van der Waals surface area contributed by atoms with E-state index in [-0.39, 0.29) is 5.75 Å². The van der Waals surface area contributed by atoms with Crippen molar-refractivity contribution in [1.29, 1.82) is 0 Å². The molecule has 1 rings (SSSR count). The molecule has 0 unspecified atom stereocenters. The molecular weight excluding hydrogens is 186 g/mol. The number of benzene rings is 1. The van der Waals surface area contributed by atoms with Crippen LogP contribution in [-0.4, -0.2) is 17.0 Å². The van der Waals surface area contributed by atoms with Gasteiger partial charge in [0.2, 0.25) is 0 Å². The summed E-state index contributed by atoms with van der Waals surface area (Å²) >= 11 is 0. The molecule has 0 spiro atoms. The molecule has 1 aromatic carbocycles. The zero-order chi connectivity index (χ0) is 10.6. The molecule has 3 N–H and O–H groups in total. The number of carboxylic acid groups (broad SMARTS) is 1. The van der Waals surface area contributed by atoms with E-state index < -0.39 is 18.4 Å². The summed E-state index contributed by atoms with van der Waals surface area (Å²) < 4.78 is 4.71. The SMILES string of the molecule is Nc1ccccc1OC(=O)CC(=O)O. The number of anilines is 1. The van der Waals surface area contributed by atoms with Crippen molar-refractivity contribution >= 4 is 17.6 Å². The zero-order valence-corrected chi connectivity index (χ0v) is 7.27. The van der Waals surface area contributed by atoms with Crippen molar-refractivity contribution in [3.8, 4) is 5.75 Å². The highest BCUT2D eigenvalue weighted by atomic mass is 16.5. The van der Waals surface area contributed by atoms with Crippen molar-refractivity contribution in [2.45, 2.75) is 6.42 Å². The van der Waals surface area contributed by atoms with E-state index in [2.05, 4.69) is 0 Å². The third-order valence-corrected chi connectivity index (χ3v) is 1.44. The number of hydrogen-bond acceptors (Lipinski definition) is 4. The van der Waals surface area contributed by atoms with E-state index in [0.29, 0.717) is 5.69 Å². The van der Waals surface area contributed by atoms with Crippen molar-refractivity contribution in [3.05, 3.63) is 24.3 Å². The molecule has 0 aromatic heterocycles. The van der Waals surface area contributed by atoms with Crippen molar-refractivity contribution in [2.75, 3.05) is 5.73 Å². The van der Waals surface area contributed by atoms with Gasteiger partial charge in [-0.25, -0.2) is 0 Å². The fraction of sp³-hybridized carbons (Fsp3) is 0.111. The number of esters is 1. The number of hydrogen-bond donors (Lipinski definition) is 2. The quantitative estimate of drug-likeness (QED) is 0.320. The molecule has 0 radical (unpaired) electrons. The highest BCUT2D eigenvalue weighted by Gasteiger charge is 2.11. The Balaban J connectivity index is 2.65. The topological polar surface area (TPSA) is 89.6 Å². The van der Waals surface area contributed by atoms with Crippen LogP contribution in [0.5, 0.6) is 5.75 Å². The molecule has 0 saturated heterocycles. The predicted molar refractivity (Wildman–Crippen MR) is 48.7 cm³/mol.